The molecule has 0 aromatic heterocycles. The number of hydrogen-bond donors (Lipinski definition) is 1. The van der Waals surface area contributed by atoms with Gasteiger partial charge in [-0.25, -0.2) is 0 Å². The molecule has 2 nitrogen and oxygen atoms in total. The van der Waals surface area contributed by atoms with Crippen molar-refractivity contribution >= 4 is 0 Å². The molecule has 0 bridgehead atoms. The second-order valence-corrected chi connectivity index (χ2v) is 7.58. The zero-order chi connectivity index (χ0) is 14.7. The molecule has 1 N–H and O–H groups in total. The molecule has 3 rings (SSSR count). The number of likely N-dealkylation sites (tertiary alicyclic amines) is 1. The van der Waals surface area contributed by atoms with Crippen LogP contribution in [0, 0.1) is 5.92 Å². The van der Waals surface area contributed by atoms with E-state index in [9.17, 15) is 0 Å². The van der Waals surface area contributed by atoms with Crippen molar-refractivity contribution in [2.75, 3.05) is 19.6 Å². The first kappa shape index (κ1) is 15.1. The van der Waals surface area contributed by atoms with Gasteiger partial charge in [0.05, 0.1) is 0 Å². The minimum atomic E-state index is 0.324. The average Bonchev–Trinajstić information content (AvgIpc) is 3.20. The summed E-state index contributed by atoms with van der Waals surface area (Å²) in [6.45, 7) is 8.63. The fourth-order valence-corrected chi connectivity index (χ4v) is 3.42. The lowest BCUT2D eigenvalue weighted by molar-refractivity contribution is 0.138. The van der Waals surface area contributed by atoms with E-state index in [4.69, 9.17) is 0 Å². The van der Waals surface area contributed by atoms with Gasteiger partial charge in [-0.05, 0) is 70.5 Å². The summed E-state index contributed by atoms with van der Waals surface area (Å²) in [4.78, 5) is 2.72. The predicted octanol–water partition coefficient (Wildman–Crippen LogP) is 3.47. The molecule has 1 aromatic carbocycles. The van der Waals surface area contributed by atoms with E-state index in [-0.39, 0.29) is 0 Å². The van der Waals surface area contributed by atoms with Gasteiger partial charge in [0, 0.05) is 18.1 Å². The van der Waals surface area contributed by atoms with Crippen LogP contribution >= 0.6 is 0 Å². The van der Waals surface area contributed by atoms with Crippen LogP contribution in [0.2, 0.25) is 0 Å². The van der Waals surface area contributed by atoms with E-state index in [0.29, 0.717) is 5.54 Å². The molecule has 2 heteroatoms. The molecule has 1 saturated carbocycles. The number of rotatable bonds is 7. The average molecular weight is 286 g/mol. The van der Waals surface area contributed by atoms with Crippen molar-refractivity contribution in [3.05, 3.63) is 35.9 Å². The van der Waals surface area contributed by atoms with Gasteiger partial charge in [0.15, 0.2) is 0 Å². The maximum Gasteiger partial charge on any atom is 0.0156 e. The van der Waals surface area contributed by atoms with Gasteiger partial charge in [0.1, 0.15) is 0 Å². The summed E-state index contributed by atoms with van der Waals surface area (Å²) in [5.74, 6) is 0.863. The van der Waals surface area contributed by atoms with Crippen molar-refractivity contribution in [3.8, 4) is 0 Å². The quantitative estimate of drug-likeness (QED) is 0.825. The molecular weight excluding hydrogens is 256 g/mol. The molecule has 0 radical (unpaired) electrons. The van der Waals surface area contributed by atoms with Gasteiger partial charge in [0.25, 0.3) is 0 Å². The first-order valence-electron chi connectivity index (χ1n) is 8.66. The van der Waals surface area contributed by atoms with Gasteiger partial charge in [-0.1, -0.05) is 30.3 Å². The summed E-state index contributed by atoms with van der Waals surface area (Å²) in [5.41, 5.74) is 1.79. The van der Waals surface area contributed by atoms with Gasteiger partial charge in [0.2, 0.25) is 0 Å². The van der Waals surface area contributed by atoms with Crippen LogP contribution in [0.1, 0.15) is 45.1 Å². The van der Waals surface area contributed by atoms with Gasteiger partial charge in [-0.15, -0.1) is 0 Å². The van der Waals surface area contributed by atoms with Crippen LogP contribution in [0.25, 0.3) is 0 Å². The van der Waals surface area contributed by atoms with E-state index in [0.717, 1.165) is 12.0 Å². The first-order chi connectivity index (χ1) is 10.1. The molecule has 116 valence electrons. The van der Waals surface area contributed by atoms with E-state index >= 15 is 0 Å². The molecule has 1 unspecified atom stereocenters. The monoisotopic (exact) mass is 286 g/mol. The topological polar surface area (TPSA) is 15.3 Å². The lowest BCUT2D eigenvalue weighted by Crippen LogP contribution is -2.43. The molecule has 2 fully saturated rings. The minimum absolute atomic E-state index is 0.324. The molecule has 21 heavy (non-hydrogen) atoms. The van der Waals surface area contributed by atoms with Crippen molar-refractivity contribution in [1.29, 1.82) is 0 Å². The predicted molar refractivity (Wildman–Crippen MR) is 89.5 cm³/mol. The van der Waals surface area contributed by atoms with E-state index in [2.05, 4.69) is 54.4 Å². The number of nitrogens with zero attached hydrogens (tertiary/aromatic N) is 1. The molecule has 1 aliphatic carbocycles. The van der Waals surface area contributed by atoms with Crippen molar-refractivity contribution in [2.24, 2.45) is 5.92 Å². The normalized spacial score (nSPS) is 23.6. The van der Waals surface area contributed by atoms with Gasteiger partial charge >= 0.3 is 0 Å². The summed E-state index contributed by atoms with van der Waals surface area (Å²) in [6.07, 6.45) is 6.61. The summed E-state index contributed by atoms with van der Waals surface area (Å²) in [6, 6.07) is 11.8. The highest BCUT2D eigenvalue weighted by atomic mass is 15.2. The van der Waals surface area contributed by atoms with Gasteiger partial charge in [-0.2, -0.15) is 0 Å². The van der Waals surface area contributed by atoms with Crippen LogP contribution in [0.15, 0.2) is 30.3 Å². The summed E-state index contributed by atoms with van der Waals surface area (Å²) < 4.78 is 0. The second-order valence-electron chi connectivity index (χ2n) is 7.58. The number of benzene rings is 1. The lowest BCUT2D eigenvalue weighted by atomic mass is 9.93. The Kier molecular flexibility index (Phi) is 4.66. The first-order valence-corrected chi connectivity index (χ1v) is 8.66. The van der Waals surface area contributed by atoms with Crippen molar-refractivity contribution < 1.29 is 0 Å². The highest BCUT2D eigenvalue weighted by molar-refractivity contribution is 5.15. The molecule has 1 heterocycles. The Bertz CT molecular complexity index is 436. The van der Waals surface area contributed by atoms with Crippen molar-refractivity contribution in [2.45, 2.75) is 57.5 Å². The van der Waals surface area contributed by atoms with Crippen LogP contribution in [0.3, 0.4) is 0 Å². The molecule has 0 spiro atoms. The Morgan fingerprint density at radius 1 is 1.14 bits per heavy atom. The Balaban J connectivity index is 1.45. The molecule has 1 aliphatic heterocycles. The van der Waals surface area contributed by atoms with Crippen molar-refractivity contribution in [1.82, 2.24) is 10.2 Å². The van der Waals surface area contributed by atoms with Crippen LogP contribution in [0.5, 0.6) is 0 Å². The molecule has 1 saturated heterocycles. The maximum atomic E-state index is 3.70. The lowest BCUT2D eigenvalue weighted by Gasteiger charge is -2.36. The maximum absolute atomic E-state index is 3.70. The third-order valence-corrected chi connectivity index (χ3v) is 5.28. The van der Waals surface area contributed by atoms with Crippen LogP contribution in [-0.4, -0.2) is 36.1 Å². The van der Waals surface area contributed by atoms with E-state index in [1.54, 1.807) is 0 Å². The Hall–Kier alpha value is -0.860. The molecule has 0 amide bonds. The van der Waals surface area contributed by atoms with Gasteiger partial charge < -0.3 is 5.32 Å². The fraction of sp³-hybridized carbons (Fsp3) is 0.684. The largest absolute Gasteiger partial charge is 0.314 e. The molecule has 1 aromatic rings. The van der Waals surface area contributed by atoms with Crippen LogP contribution < -0.4 is 5.32 Å². The van der Waals surface area contributed by atoms with Crippen LogP contribution in [-0.2, 0) is 6.42 Å². The number of aryl methyl sites for hydroxylation is 1. The second kappa shape index (κ2) is 6.50. The standard InChI is InChI=1S/C19H30N2/c1-19(2,12-10-16-6-4-3-5-7-16)21-13-11-17(15-21)14-20-18-8-9-18/h3-7,17-18,20H,8-15H2,1-2H3. The Morgan fingerprint density at radius 2 is 1.90 bits per heavy atom. The Labute approximate surface area is 129 Å². The smallest absolute Gasteiger partial charge is 0.0156 e. The minimum Gasteiger partial charge on any atom is -0.314 e. The summed E-state index contributed by atoms with van der Waals surface area (Å²) in [7, 11) is 0. The van der Waals surface area contributed by atoms with Crippen LogP contribution in [0.4, 0.5) is 0 Å². The third-order valence-electron chi connectivity index (χ3n) is 5.28. The molecular formula is C19H30N2. The van der Waals surface area contributed by atoms with E-state index < -0.39 is 0 Å². The fourth-order valence-electron chi connectivity index (χ4n) is 3.42. The van der Waals surface area contributed by atoms with Gasteiger partial charge in [-0.3, -0.25) is 4.90 Å². The van der Waals surface area contributed by atoms with E-state index in [1.165, 1.54) is 57.3 Å². The third kappa shape index (κ3) is 4.31. The number of hydrogen-bond acceptors (Lipinski definition) is 2. The highest BCUT2D eigenvalue weighted by Crippen LogP contribution is 2.29. The van der Waals surface area contributed by atoms with E-state index in [1.807, 2.05) is 0 Å². The highest BCUT2D eigenvalue weighted by Gasteiger charge is 2.33. The number of nitrogens with one attached hydrogen (secondary N) is 1. The Morgan fingerprint density at radius 3 is 2.62 bits per heavy atom. The molecule has 1 atom stereocenters. The summed E-state index contributed by atoms with van der Waals surface area (Å²) in [5, 5.41) is 3.70. The summed E-state index contributed by atoms with van der Waals surface area (Å²) >= 11 is 0. The molecule has 2 aliphatic rings. The van der Waals surface area contributed by atoms with Crippen molar-refractivity contribution in [3.63, 3.8) is 0 Å². The zero-order valence-electron chi connectivity index (χ0n) is 13.6. The zero-order valence-corrected chi connectivity index (χ0v) is 13.6. The SMILES string of the molecule is CC(C)(CCc1ccccc1)N1CCC(CNC2CC2)C1.